The van der Waals surface area contributed by atoms with Gasteiger partial charge in [-0.3, -0.25) is 9.78 Å². The van der Waals surface area contributed by atoms with Gasteiger partial charge in [0, 0.05) is 18.5 Å². The van der Waals surface area contributed by atoms with Crippen LogP contribution < -0.4 is 5.73 Å². The minimum atomic E-state index is -0.528. The van der Waals surface area contributed by atoms with E-state index in [4.69, 9.17) is 11.0 Å². The van der Waals surface area contributed by atoms with Crippen LogP contribution >= 0.6 is 0 Å². The van der Waals surface area contributed by atoms with Crippen molar-refractivity contribution in [3.63, 3.8) is 0 Å². The molecule has 0 spiro atoms. The van der Waals surface area contributed by atoms with Crippen LogP contribution in [-0.4, -0.2) is 10.9 Å². The Morgan fingerprint density at radius 2 is 2.38 bits per heavy atom. The zero-order chi connectivity index (χ0) is 9.68. The summed E-state index contributed by atoms with van der Waals surface area (Å²) in [6.07, 6.45) is 5.79. The minimum absolute atomic E-state index is 0.333. The standard InChI is InChI=1S/C9H7N3O/c10-3-1-2-7-4-8(9(11)13)6-12-5-7/h1-2,4-6H,(H2,11,13). The van der Waals surface area contributed by atoms with Crippen molar-refractivity contribution in [2.45, 2.75) is 0 Å². The summed E-state index contributed by atoms with van der Waals surface area (Å²) in [5.41, 5.74) is 6.06. The number of nitrogens with zero attached hydrogens (tertiary/aromatic N) is 2. The molecule has 2 N–H and O–H groups in total. The number of hydrogen-bond donors (Lipinski definition) is 1. The quantitative estimate of drug-likeness (QED) is 0.669. The Kier molecular flexibility index (Phi) is 2.77. The van der Waals surface area contributed by atoms with E-state index in [2.05, 4.69) is 4.98 Å². The molecule has 0 aromatic carbocycles. The Balaban J connectivity index is 3.00. The van der Waals surface area contributed by atoms with Crippen molar-refractivity contribution in [3.8, 4) is 6.07 Å². The maximum atomic E-state index is 10.7. The normalized spacial score (nSPS) is 9.77. The van der Waals surface area contributed by atoms with Crippen molar-refractivity contribution in [3.05, 3.63) is 35.7 Å². The summed E-state index contributed by atoms with van der Waals surface area (Å²) >= 11 is 0. The summed E-state index contributed by atoms with van der Waals surface area (Å²) in [6, 6.07) is 3.41. The molecule has 0 saturated heterocycles. The zero-order valence-corrected chi connectivity index (χ0v) is 6.77. The summed E-state index contributed by atoms with van der Waals surface area (Å²) in [7, 11) is 0. The molecule has 0 radical (unpaired) electrons. The van der Waals surface area contributed by atoms with E-state index in [-0.39, 0.29) is 0 Å². The molecule has 0 aliphatic rings. The molecular formula is C9H7N3O. The van der Waals surface area contributed by atoms with E-state index in [1.54, 1.807) is 18.3 Å². The van der Waals surface area contributed by atoms with Gasteiger partial charge in [0.2, 0.25) is 5.91 Å². The second-order valence-corrected chi connectivity index (χ2v) is 2.33. The Bertz CT molecular complexity index is 390. The molecular weight excluding hydrogens is 166 g/mol. The van der Waals surface area contributed by atoms with Crippen molar-refractivity contribution >= 4 is 12.0 Å². The molecule has 0 aliphatic carbocycles. The van der Waals surface area contributed by atoms with E-state index >= 15 is 0 Å². The first-order chi connectivity index (χ1) is 6.24. The second kappa shape index (κ2) is 4.02. The lowest BCUT2D eigenvalue weighted by Gasteiger charge is -1.95. The van der Waals surface area contributed by atoms with E-state index in [9.17, 15) is 4.79 Å². The molecule has 1 amide bonds. The second-order valence-electron chi connectivity index (χ2n) is 2.33. The topological polar surface area (TPSA) is 79.8 Å². The number of primary amides is 1. The highest BCUT2D eigenvalue weighted by Gasteiger charge is 1.99. The van der Waals surface area contributed by atoms with E-state index < -0.39 is 5.91 Å². The first-order valence-electron chi connectivity index (χ1n) is 3.55. The van der Waals surface area contributed by atoms with Crippen LogP contribution in [0.2, 0.25) is 0 Å². The highest BCUT2D eigenvalue weighted by Crippen LogP contribution is 2.03. The third kappa shape index (κ3) is 2.42. The molecule has 0 bridgehead atoms. The average molecular weight is 173 g/mol. The number of nitrogens with two attached hydrogens (primary N) is 1. The highest BCUT2D eigenvalue weighted by atomic mass is 16.1. The van der Waals surface area contributed by atoms with E-state index in [0.29, 0.717) is 11.1 Å². The molecule has 0 saturated carbocycles. The lowest BCUT2D eigenvalue weighted by Crippen LogP contribution is -2.11. The van der Waals surface area contributed by atoms with Crippen molar-refractivity contribution in [1.82, 2.24) is 4.98 Å². The Morgan fingerprint density at radius 3 is 3.00 bits per heavy atom. The maximum Gasteiger partial charge on any atom is 0.250 e. The van der Waals surface area contributed by atoms with Gasteiger partial charge >= 0.3 is 0 Å². The molecule has 1 aromatic heterocycles. The molecule has 0 aliphatic heterocycles. The predicted octanol–water partition coefficient (Wildman–Crippen LogP) is 0.717. The Morgan fingerprint density at radius 1 is 1.62 bits per heavy atom. The number of allylic oxidation sites excluding steroid dienone is 1. The van der Waals surface area contributed by atoms with Crippen LogP contribution in [0.1, 0.15) is 15.9 Å². The van der Waals surface area contributed by atoms with Gasteiger partial charge in [-0.05, 0) is 17.7 Å². The fraction of sp³-hybridized carbons (Fsp3) is 0. The van der Waals surface area contributed by atoms with Crippen LogP contribution in [0, 0.1) is 11.3 Å². The van der Waals surface area contributed by atoms with Crippen LogP contribution in [0.25, 0.3) is 6.08 Å². The van der Waals surface area contributed by atoms with Gasteiger partial charge in [-0.2, -0.15) is 5.26 Å². The lowest BCUT2D eigenvalue weighted by atomic mass is 10.2. The summed E-state index contributed by atoms with van der Waals surface area (Å²) in [6.45, 7) is 0. The fourth-order valence-corrected chi connectivity index (χ4v) is 0.817. The highest BCUT2D eigenvalue weighted by molar-refractivity contribution is 5.92. The van der Waals surface area contributed by atoms with Crippen LogP contribution in [-0.2, 0) is 0 Å². The molecule has 0 fully saturated rings. The Labute approximate surface area is 75.3 Å². The van der Waals surface area contributed by atoms with Crippen LogP contribution in [0.15, 0.2) is 24.5 Å². The van der Waals surface area contributed by atoms with Crippen LogP contribution in [0.5, 0.6) is 0 Å². The van der Waals surface area contributed by atoms with Crippen molar-refractivity contribution < 1.29 is 4.79 Å². The molecule has 4 heteroatoms. The minimum Gasteiger partial charge on any atom is -0.366 e. The van der Waals surface area contributed by atoms with Gasteiger partial charge in [0.15, 0.2) is 0 Å². The van der Waals surface area contributed by atoms with Gasteiger partial charge in [0.25, 0.3) is 0 Å². The molecule has 4 nitrogen and oxygen atoms in total. The maximum absolute atomic E-state index is 10.7. The van der Waals surface area contributed by atoms with Crippen molar-refractivity contribution in [2.75, 3.05) is 0 Å². The zero-order valence-electron chi connectivity index (χ0n) is 6.77. The van der Waals surface area contributed by atoms with Crippen LogP contribution in [0.4, 0.5) is 0 Å². The number of rotatable bonds is 2. The monoisotopic (exact) mass is 173 g/mol. The number of nitriles is 1. The number of carbonyl (C=O) groups excluding carboxylic acids is 1. The molecule has 0 unspecified atom stereocenters. The summed E-state index contributed by atoms with van der Waals surface area (Å²) in [5.74, 6) is -0.528. The first-order valence-corrected chi connectivity index (χ1v) is 3.55. The average Bonchev–Trinajstić information content (AvgIpc) is 2.15. The van der Waals surface area contributed by atoms with Crippen molar-refractivity contribution in [1.29, 1.82) is 5.26 Å². The third-order valence-corrected chi connectivity index (χ3v) is 1.39. The SMILES string of the molecule is N#CC=Cc1cncc(C(N)=O)c1. The van der Waals surface area contributed by atoms with Gasteiger partial charge in [-0.15, -0.1) is 0 Å². The molecule has 64 valence electrons. The molecule has 13 heavy (non-hydrogen) atoms. The fourth-order valence-electron chi connectivity index (χ4n) is 0.817. The smallest absolute Gasteiger partial charge is 0.250 e. The summed E-state index contributed by atoms with van der Waals surface area (Å²) in [5, 5.41) is 8.26. The predicted molar refractivity (Wildman–Crippen MR) is 47.4 cm³/mol. The number of carbonyl (C=O) groups is 1. The summed E-state index contributed by atoms with van der Waals surface area (Å²) < 4.78 is 0. The molecule has 1 heterocycles. The largest absolute Gasteiger partial charge is 0.366 e. The molecule has 1 aromatic rings. The van der Waals surface area contributed by atoms with Gasteiger partial charge < -0.3 is 5.73 Å². The number of amides is 1. The Hall–Kier alpha value is -2.15. The van der Waals surface area contributed by atoms with Gasteiger partial charge in [-0.1, -0.05) is 0 Å². The summed E-state index contributed by atoms with van der Waals surface area (Å²) in [4.78, 5) is 14.5. The number of aromatic nitrogens is 1. The van der Waals surface area contributed by atoms with Crippen molar-refractivity contribution in [2.24, 2.45) is 5.73 Å². The number of pyridine rings is 1. The van der Waals surface area contributed by atoms with E-state index in [1.165, 1.54) is 12.3 Å². The van der Waals surface area contributed by atoms with Crippen LogP contribution in [0.3, 0.4) is 0 Å². The first kappa shape index (κ1) is 8.94. The van der Waals surface area contributed by atoms with Gasteiger partial charge in [0.1, 0.15) is 0 Å². The van der Waals surface area contributed by atoms with Gasteiger partial charge in [0.05, 0.1) is 11.6 Å². The van der Waals surface area contributed by atoms with E-state index in [1.807, 2.05) is 6.07 Å². The lowest BCUT2D eigenvalue weighted by molar-refractivity contribution is 0.1000. The molecule has 0 atom stereocenters. The number of hydrogen-bond acceptors (Lipinski definition) is 3. The van der Waals surface area contributed by atoms with Gasteiger partial charge in [-0.25, -0.2) is 0 Å². The van der Waals surface area contributed by atoms with E-state index in [0.717, 1.165) is 0 Å². The third-order valence-electron chi connectivity index (χ3n) is 1.39. The molecule has 1 rings (SSSR count).